The highest BCUT2D eigenvalue weighted by Crippen LogP contribution is 2.35. The first-order valence-electron chi connectivity index (χ1n) is 10.9. The molecule has 1 saturated heterocycles. The number of hydrogen-bond donors (Lipinski definition) is 0. The Bertz CT molecular complexity index is 1100. The lowest BCUT2D eigenvalue weighted by Crippen LogP contribution is -2.39. The van der Waals surface area contributed by atoms with Crippen LogP contribution in [0.1, 0.15) is 16.8 Å². The van der Waals surface area contributed by atoms with E-state index in [1.165, 1.54) is 11.3 Å². The number of aromatic nitrogens is 1. The summed E-state index contributed by atoms with van der Waals surface area (Å²) in [4.78, 5) is 22.6. The summed E-state index contributed by atoms with van der Waals surface area (Å²) in [5, 5.41) is 0.648. The smallest absolute Gasteiger partial charge is 0.263 e. The Morgan fingerprint density at radius 1 is 1.12 bits per heavy atom. The molecule has 3 aromatic rings. The minimum absolute atomic E-state index is 0. The van der Waals surface area contributed by atoms with Crippen molar-refractivity contribution in [2.75, 3.05) is 65.6 Å². The van der Waals surface area contributed by atoms with Crippen LogP contribution in [0, 0.1) is 0 Å². The third kappa shape index (κ3) is 5.72. The van der Waals surface area contributed by atoms with Crippen LogP contribution in [0.2, 0.25) is 0 Å². The van der Waals surface area contributed by atoms with Crippen LogP contribution in [0.5, 0.6) is 17.2 Å². The van der Waals surface area contributed by atoms with Gasteiger partial charge >= 0.3 is 0 Å². The number of morpholine rings is 1. The SMILES string of the molecule is COc1ccc2nc(N(CCCN3CCOCC3)C(=O)c3cccc(OC)c3OC)sc2c1.Cl. The van der Waals surface area contributed by atoms with E-state index in [0.29, 0.717) is 28.7 Å². The monoisotopic (exact) mass is 507 g/mol. The second-order valence-electron chi connectivity index (χ2n) is 7.64. The summed E-state index contributed by atoms with van der Waals surface area (Å²) in [5.41, 5.74) is 1.28. The Morgan fingerprint density at radius 2 is 1.91 bits per heavy atom. The summed E-state index contributed by atoms with van der Waals surface area (Å²) >= 11 is 1.48. The summed E-state index contributed by atoms with van der Waals surface area (Å²) in [6.07, 6.45) is 0.817. The molecule has 34 heavy (non-hydrogen) atoms. The fraction of sp³-hybridized carbons (Fsp3) is 0.417. The number of anilines is 1. The number of ether oxygens (including phenoxy) is 4. The molecule has 0 saturated carbocycles. The standard InChI is InChI=1S/C24H29N3O5S.ClH/c1-29-17-8-9-19-21(16-17)33-24(25-19)27(11-5-10-26-12-14-32-15-13-26)23(28)18-6-4-7-20(30-2)22(18)31-3;/h4,6-9,16H,5,10-15H2,1-3H3;1H. The van der Waals surface area contributed by atoms with Gasteiger partial charge in [0, 0.05) is 26.2 Å². The Hall–Kier alpha value is -2.59. The third-order valence-electron chi connectivity index (χ3n) is 5.65. The molecule has 10 heteroatoms. The van der Waals surface area contributed by atoms with E-state index in [2.05, 4.69) is 4.90 Å². The number of amides is 1. The van der Waals surface area contributed by atoms with Gasteiger partial charge in [-0.05, 0) is 36.8 Å². The van der Waals surface area contributed by atoms with E-state index in [1.807, 2.05) is 18.2 Å². The first-order chi connectivity index (χ1) is 16.1. The fourth-order valence-electron chi connectivity index (χ4n) is 3.90. The van der Waals surface area contributed by atoms with Gasteiger partial charge in [-0.15, -0.1) is 12.4 Å². The quantitative estimate of drug-likeness (QED) is 0.431. The van der Waals surface area contributed by atoms with Gasteiger partial charge in [-0.1, -0.05) is 17.4 Å². The molecule has 1 fully saturated rings. The molecule has 1 aliphatic rings. The summed E-state index contributed by atoms with van der Waals surface area (Å²) in [6.45, 7) is 4.76. The van der Waals surface area contributed by atoms with Gasteiger partial charge in [-0.3, -0.25) is 14.6 Å². The van der Waals surface area contributed by atoms with E-state index in [1.54, 1.807) is 44.4 Å². The number of nitrogens with zero attached hydrogens (tertiary/aromatic N) is 3. The number of carbonyl (C=O) groups is 1. The van der Waals surface area contributed by atoms with Crippen molar-refractivity contribution in [3.05, 3.63) is 42.0 Å². The first-order valence-corrected chi connectivity index (χ1v) is 11.7. The maximum Gasteiger partial charge on any atom is 0.263 e. The molecule has 0 aliphatic carbocycles. The number of benzene rings is 2. The predicted octanol–water partition coefficient (Wildman–Crippen LogP) is 4.11. The molecule has 0 spiro atoms. The zero-order chi connectivity index (χ0) is 23.2. The molecule has 1 amide bonds. The van der Waals surface area contributed by atoms with Crippen LogP contribution in [0.25, 0.3) is 10.2 Å². The van der Waals surface area contributed by atoms with Gasteiger partial charge in [-0.2, -0.15) is 0 Å². The van der Waals surface area contributed by atoms with Crippen molar-refractivity contribution in [3.63, 3.8) is 0 Å². The Morgan fingerprint density at radius 3 is 2.62 bits per heavy atom. The third-order valence-corrected chi connectivity index (χ3v) is 6.69. The van der Waals surface area contributed by atoms with Crippen LogP contribution in [0.3, 0.4) is 0 Å². The van der Waals surface area contributed by atoms with Gasteiger partial charge in [0.1, 0.15) is 5.75 Å². The normalized spacial score (nSPS) is 13.9. The minimum Gasteiger partial charge on any atom is -0.497 e. The number of methoxy groups -OCH3 is 3. The number of carbonyl (C=O) groups excluding carboxylic acids is 1. The van der Waals surface area contributed by atoms with Gasteiger partial charge in [0.15, 0.2) is 16.6 Å². The predicted molar refractivity (Wildman–Crippen MR) is 137 cm³/mol. The second kappa shape index (κ2) is 12.2. The highest BCUT2D eigenvalue weighted by Gasteiger charge is 2.26. The lowest BCUT2D eigenvalue weighted by molar-refractivity contribution is 0.0376. The van der Waals surface area contributed by atoms with Gasteiger partial charge in [0.2, 0.25) is 0 Å². The molecular weight excluding hydrogens is 478 g/mol. The zero-order valence-electron chi connectivity index (χ0n) is 19.6. The molecule has 0 radical (unpaired) electrons. The second-order valence-corrected chi connectivity index (χ2v) is 8.64. The molecular formula is C24H30ClN3O5S. The molecule has 4 rings (SSSR count). The van der Waals surface area contributed by atoms with Crippen molar-refractivity contribution < 1.29 is 23.7 Å². The summed E-state index contributed by atoms with van der Waals surface area (Å²) in [5.74, 6) is 1.53. The molecule has 2 aromatic carbocycles. The number of para-hydroxylation sites is 1. The number of rotatable bonds is 9. The van der Waals surface area contributed by atoms with Gasteiger partial charge in [0.05, 0.1) is 50.3 Å². The van der Waals surface area contributed by atoms with Crippen LogP contribution in [-0.4, -0.2) is 76.5 Å². The van der Waals surface area contributed by atoms with Gasteiger partial charge in [-0.25, -0.2) is 4.98 Å². The van der Waals surface area contributed by atoms with E-state index in [-0.39, 0.29) is 18.3 Å². The van der Waals surface area contributed by atoms with E-state index in [0.717, 1.165) is 55.2 Å². The first kappa shape index (κ1) is 26.0. The van der Waals surface area contributed by atoms with E-state index < -0.39 is 0 Å². The molecule has 1 aliphatic heterocycles. The molecule has 0 atom stereocenters. The Balaban J connectivity index is 0.00000324. The summed E-state index contributed by atoms with van der Waals surface area (Å²) in [7, 11) is 4.74. The maximum absolute atomic E-state index is 13.8. The topological polar surface area (TPSA) is 73.4 Å². The molecule has 184 valence electrons. The highest BCUT2D eigenvalue weighted by atomic mass is 35.5. The van der Waals surface area contributed by atoms with E-state index in [9.17, 15) is 4.79 Å². The van der Waals surface area contributed by atoms with Crippen LogP contribution in [0.15, 0.2) is 36.4 Å². The lowest BCUT2D eigenvalue weighted by Gasteiger charge is -2.28. The molecule has 8 nitrogen and oxygen atoms in total. The lowest BCUT2D eigenvalue weighted by atomic mass is 10.1. The van der Waals surface area contributed by atoms with Crippen molar-refractivity contribution in [2.24, 2.45) is 0 Å². The van der Waals surface area contributed by atoms with Crippen LogP contribution in [-0.2, 0) is 4.74 Å². The highest BCUT2D eigenvalue weighted by molar-refractivity contribution is 7.22. The number of hydrogen-bond acceptors (Lipinski definition) is 8. The van der Waals surface area contributed by atoms with Crippen LogP contribution in [0.4, 0.5) is 5.13 Å². The van der Waals surface area contributed by atoms with Gasteiger partial charge < -0.3 is 18.9 Å². The largest absolute Gasteiger partial charge is 0.497 e. The fourth-order valence-corrected chi connectivity index (χ4v) is 4.92. The molecule has 0 N–H and O–H groups in total. The maximum atomic E-state index is 13.8. The van der Waals surface area contributed by atoms with Crippen LogP contribution >= 0.6 is 23.7 Å². The van der Waals surface area contributed by atoms with Crippen molar-refractivity contribution in [2.45, 2.75) is 6.42 Å². The van der Waals surface area contributed by atoms with E-state index in [4.69, 9.17) is 23.9 Å². The number of halogens is 1. The minimum atomic E-state index is -0.168. The van der Waals surface area contributed by atoms with Crippen molar-refractivity contribution in [3.8, 4) is 17.2 Å². The molecule has 0 bridgehead atoms. The summed E-state index contributed by atoms with van der Waals surface area (Å²) in [6, 6.07) is 11.1. The molecule has 1 aromatic heterocycles. The number of fused-ring (bicyclic) bond motifs is 1. The zero-order valence-corrected chi connectivity index (χ0v) is 21.2. The van der Waals surface area contributed by atoms with Crippen molar-refractivity contribution in [1.29, 1.82) is 0 Å². The molecule has 0 unspecified atom stereocenters. The van der Waals surface area contributed by atoms with Crippen molar-refractivity contribution in [1.82, 2.24) is 9.88 Å². The Kier molecular flexibility index (Phi) is 9.35. The summed E-state index contributed by atoms with van der Waals surface area (Å²) < 4.78 is 22.7. The average Bonchev–Trinajstić information content (AvgIpc) is 3.29. The Labute approximate surface area is 209 Å². The van der Waals surface area contributed by atoms with E-state index >= 15 is 0 Å². The average molecular weight is 508 g/mol. The van der Waals surface area contributed by atoms with Crippen LogP contribution < -0.4 is 19.1 Å². The molecule has 2 heterocycles. The van der Waals surface area contributed by atoms with Crippen molar-refractivity contribution >= 4 is 45.0 Å². The number of thiazole rings is 1. The van der Waals surface area contributed by atoms with Gasteiger partial charge in [0.25, 0.3) is 5.91 Å².